The number of benzene rings is 1. The van der Waals surface area contributed by atoms with Gasteiger partial charge in [-0.2, -0.15) is 0 Å². The van der Waals surface area contributed by atoms with Gasteiger partial charge in [-0.15, -0.1) is 0 Å². The molecule has 0 saturated carbocycles. The van der Waals surface area contributed by atoms with Crippen molar-refractivity contribution < 1.29 is 9.59 Å². The van der Waals surface area contributed by atoms with Crippen LogP contribution in [0.3, 0.4) is 0 Å². The molecule has 5 nitrogen and oxygen atoms in total. The van der Waals surface area contributed by atoms with Crippen LogP contribution in [0.25, 0.3) is 17.0 Å². The highest BCUT2D eigenvalue weighted by Crippen LogP contribution is 2.27. The third-order valence-electron chi connectivity index (χ3n) is 5.13. The fourth-order valence-corrected chi connectivity index (χ4v) is 3.58. The van der Waals surface area contributed by atoms with Crippen molar-refractivity contribution in [1.82, 2.24) is 14.6 Å². The van der Waals surface area contributed by atoms with E-state index in [-0.39, 0.29) is 17.4 Å². The maximum Gasteiger partial charge on any atom is 0.278 e. The molecule has 0 N–H and O–H groups in total. The molecule has 0 spiro atoms. The lowest BCUT2D eigenvalue weighted by Gasteiger charge is -2.27. The van der Waals surface area contributed by atoms with Gasteiger partial charge in [0, 0.05) is 42.3 Å². The van der Waals surface area contributed by atoms with E-state index < -0.39 is 0 Å². The van der Waals surface area contributed by atoms with Crippen LogP contribution in [0.2, 0.25) is 0 Å². The number of aryl methyl sites for hydroxylation is 1. The van der Waals surface area contributed by atoms with Crippen LogP contribution in [-0.2, 0) is 16.1 Å². The summed E-state index contributed by atoms with van der Waals surface area (Å²) in [5.74, 6) is -0.337. The zero-order valence-corrected chi connectivity index (χ0v) is 16.6. The van der Waals surface area contributed by atoms with Crippen molar-refractivity contribution in [2.75, 3.05) is 13.1 Å². The Bertz CT molecular complexity index is 838. The molecule has 2 amide bonds. The number of unbranched alkanes of at least 4 members (excludes halogenated alkanes) is 2. The van der Waals surface area contributed by atoms with Crippen molar-refractivity contribution in [3.8, 4) is 0 Å². The first-order chi connectivity index (χ1) is 13.1. The van der Waals surface area contributed by atoms with Gasteiger partial charge in [-0.3, -0.25) is 9.59 Å². The molecular formula is C22H29N3O2. The van der Waals surface area contributed by atoms with Crippen LogP contribution in [0.15, 0.2) is 36.0 Å². The summed E-state index contributed by atoms with van der Waals surface area (Å²) in [6.07, 6.45) is 7.58. The summed E-state index contributed by atoms with van der Waals surface area (Å²) < 4.78 is 2.15. The number of rotatable bonds is 8. The first kappa shape index (κ1) is 19.2. The monoisotopic (exact) mass is 367 g/mol. The summed E-state index contributed by atoms with van der Waals surface area (Å²) in [6.45, 7) is 8.31. The Hall–Kier alpha value is -2.56. The van der Waals surface area contributed by atoms with E-state index in [2.05, 4.69) is 31.4 Å². The van der Waals surface area contributed by atoms with Crippen molar-refractivity contribution >= 4 is 28.8 Å². The summed E-state index contributed by atoms with van der Waals surface area (Å²) in [7, 11) is 0. The third-order valence-corrected chi connectivity index (χ3v) is 5.13. The van der Waals surface area contributed by atoms with Gasteiger partial charge in [0.05, 0.1) is 0 Å². The average molecular weight is 367 g/mol. The lowest BCUT2D eigenvalue weighted by atomic mass is 10.1. The van der Waals surface area contributed by atoms with E-state index in [1.54, 1.807) is 16.1 Å². The lowest BCUT2D eigenvalue weighted by Crippen LogP contribution is -2.42. The van der Waals surface area contributed by atoms with E-state index >= 15 is 0 Å². The Kier molecular flexibility index (Phi) is 5.99. The maximum absolute atomic E-state index is 13.0. The van der Waals surface area contributed by atoms with Gasteiger partial charge < -0.3 is 4.57 Å². The number of carbonyl (C=O) groups excluding carboxylic acids is 2. The smallest absolute Gasteiger partial charge is 0.278 e. The molecule has 0 atom stereocenters. The first-order valence-electron chi connectivity index (χ1n) is 10.1. The number of hydrogen-bond donors (Lipinski definition) is 0. The van der Waals surface area contributed by atoms with E-state index in [0.29, 0.717) is 13.1 Å². The Labute approximate surface area is 161 Å². The number of aromatic nitrogens is 1. The van der Waals surface area contributed by atoms with E-state index in [4.69, 9.17) is 0 Å². The van der Waals surface area contributed by atoms with Gasteiger partial charge >= 0.3 is 0 Å². The van der Waals surface area contributed by atoms with E-state index in [0.717, 1.165) is 48.7 Å². The minimum Gasteiger partial charge on any atom is -0.347 e. The predicted octanol–water partition coefficient (Wildman–Crippen LogP) is 4.23. The minimum atomic E-state index is -0.169. The second kappa shape index (κ2) is 8.42. The largest absolute Gasteiger partial charge is 0.347 e. The molecule has 2 aromatic rings. The van der Waals surface area contributed by atoms with Crippen LogP contribution in [0.4, 0.5) is 0 Å². The number of nitrogens with zero attached hydrogens (tertiary/aromatic N) is 3. The highest BCUT2D eigenvalue weighted by Gasteiger charge is 2.40. The number of hydrogen-bond acceptors (Lipinski definition) is 2. The van der Waals surface area contributed by atoms with E-state index in [1.165, 1.54) is 0 Å². The molecule has 1 saturated heterocycles. The van der Waals surface area contributed by atoms with Gasteiger partial charge in [0.2, 0.25) is 0 Å². The summed E-state index contributed by atoms with van der Waals surface area (Å²) in [5, 5.41) is 4.36. The Morgan fingerprint density at radius 1 is 0.889 bits per heavy atom. The molecule has 0 unspecified atom stereocenters. The molecule has 1 fully saturated rings. The molecule has 5 heteroatoms. The molecule has 1 aliphatic rings. The number of hydrazine groups is 1. The molecule has 1 aromatic carbocycles. The van der Waals surface area contributed by atoms with E-state index in [9.17, 15) is 9.59 Å². The number of carbonyl (C=O) groups is 2. The molecule has 1 aromatic heterocycles. The zero-order valence-electron chi connectivity index (χ0n) is 16.6. The number of para-hydroxylation sites is 1. The Morgan fingerprint density at radius 3 is 2.04 bits per heavy atom. The molecule has 0 radical (unpaired) electrons. The minimum absolute atomic E-state index is 0.169. The molecule has 1 aliphatic heterocycles. The molecule has 144 valence electrons. The van der Waals surface area contributed by atoms with Crippen molar-refractivity contribution in [2.24, 2.45) is 0 Å². The lowest BCUT2D eigenvalue weighted by molar-refractivity contribution is -0.147. The van der Waals surface area contributed by atoms with Crippen molar-refractivity contribution in [1.29, 1.82) is 0 Å². The van der Waals surface area contributed by atoms with Crippen LogP contribution in [0.5, 0.6) is 0 Å². The normalized spacial score (nSPS) is 14.7. The summed E-state index contributed by atoms with van der Waals surface area (Å²) in [6, 6.07) is 8.11. The Morgan fingerprint density at radius 2 is 1.48 bits per heavy atom. The molecule has 3 rings (SSSR count). The fourth-order valence-electron chi connectivity index (χ4n) is 3.58. The summed E-state index contributed by atoms with van der Waals surface area (Å²) in [4.78, 5) is 26.0. The summed E-state index contributed by atoms with van der Waals surface area (Å²) >= 11 is 0. The quantitative estimate of drug-likeness (QED) is 0.518. The van der Waals surface area contributed by atoms with Gasteiger partial charge in [0.25, 0.3) is 11.8 Å². The topological polar surface area (TPSA) is 45.6 Å². The second-order valence-corrected chi connectivity index (χ2v) is 7.01. The van der Waals surface area contributed by atoms with Crippen molar-refractivity contribution in [3.05, 3.63) is 41.6 Å². The highest BCUT2D eigenvalue weighted by atomic mass is 16.2. The van der Waals surface area contributed by atoms with Gasteiger partial charge in [-0.05, 0) is 31.9 Å². The SMILES string of the molecule is CCCCN1C(=O)C(=Cc2cn(CC)c3ccccc23)C(=O)N1CCCC. The molecule has 0 bridgehead atoms. The fraction of sp³-hybridized carbons (Fsp3) is 0.455. The zero-order chi connectivity index (χ0) is 19.4. The van der Waals surface area contributed by atoms with Crippen molar-refractivity contribution in [2.45, 2.75) is 53.0 Å². The standard InChI is InChI=1S/C22H29N3O2/c1-4-7-13-24-21(26)19(22(27)25(24)14-8-5-2)15-17-16-23(6-3)20-12-10-9-11-18(17)20/h9-12,15-16H,4-8,13-14H2,1-3H3. The number of amides is 2. The van der Waals surface area contributed by atoms with Crippen molar-refractivity contribution in [3.63, 3.8) is 0 Å². The first-order valence-corrected chi connectivity index (χ1v) is 10.1. The average Bonchev–Trinajstić information content (AvgIpc) is 3.15. The van der Waals surface area contributed by atoms with Crippen LogP contribution in [-0.4, -0.2) is 39.5 Å². The van der Waals surface area contributed by atoms with Crippen LogP contribution in [0, 0.1) is 0 Å². The van der Waals surface area contributed by atoms with Crippen LogP contribution in [0.1, 0.15) is 52.0 Å². The van der Waals surface area contributed by atoms with Gasteiger partial charge in [0.1, 0.15) is 5.57 Å². The molecule has 27 heavy (non-hydrogen) atoms. The predicted molar refractivity (Wildman–Crippen MR) is 109 cm³/mol. The third kappa shape index (κ3) is 3.64. The number of fused-ring (bicyclic) bond motifs is 1. The molecule has 2 heterocycles. The summed E-state index contributed by atoms with van der Waals surface area (Å²) in [5.41, 5.74) is 2.33. The van der Waals surface area contributed by atoms with Gasteiger partial charge in [-0.1, -0.05) is 44.9 Å². The van der Waals surface area contributed by atoms with E-state index in [1.807, 2.05) is 24.4 Å². The highest BCUT2D eigenvalue weighted by molar-refractivity contribution is 6.25. The molecule has 0 aliphatic carbocycles. The molecular weight excluding hydrogens is 338 g/mol. The van der Waals surface area contributed by atoms with Crippen LogP contribution < -0.4 is 0 Å². The van der Waals surface area contributed by atoms with Gasteiger partial charge in [-0.25, -0.2) is 10.0 Å². The second-order valence-electron chi connectivity index (χ2n) is 7.01. The Balaban J connectivity index is 2.00. The van der Waals surface area contributed by atoms with Gasteiger partial charge in [0.15, 0.2) is 0 Å². The maximum atomic E-state index is 13.0. The van der Waals surface area contributed by atoms with Crippen LogP contribution >= 0.6 is 0 Å².